The lowest BCUT2D eigenvalue weighted by molar-refractivity contribution is -0.121. The van der Waals surface area contributed by atoms with Crippen molar-refractivity contribution < 1.29 is 4.79 Å². The third-order valence-corrected chi connectivity index (χ3v) is 2.14. The Morgan fingerprint density at radius 3 is 3.08 bits per heavy atom. The van der Waals surface area contributed by atoms with E-state index in [1.807, 2.05) is 13.0 Å². The number of carbonyl (C=O) groups excluding carboxylic acids is 1. The molecule has 0 bridgehead atoms. The van der Waals surface area contributed by atoms with Gasteiger partial charge in [0, 0.05) is 25.3 Å². The van der Waals surface area contributed by atoms with Gasteiger partial charge in [0.2, 0.25) is 0 Å². The summed E-state index contributed by atoms with van der Waals surface area (Å²) in [6.45, 7) is 2.56. The zero-order valence-electron chi connectivity index (χ0n) is 7.97. The third-order valence-electron chi connectivity index (χ3n) is 2.14. The van der Waals surface area contributed by atoms with Crippen molar-refractivity contribution in [2.24, 2.45) is 11.7 Å². The molecular weight excluding hydrogens is 162 g/mol. The number of rotatable bonds is 1. The van der Waals surface area contributed by atoms with Crippen molar-refractivity contribution >= 4 is 5.78 Å². The molecule has 0 fully saturated rings. The molecule has 2 heteroatoms. The first-order chi connectivity index (χ1) is 6.24. The average Bonchev–Trinajstić information content (AvgIpc) is 2.12. The van der Waals surface area contributed by atoms with Gasteiger partial charge in [-0.15, -0.1) is 0 Å². The molecular formula is C11H15NO. The molecule has 0 aromatic carbocycles. The summed E-state index contributed by atoms with van der Waals surface area (Å²) in [5.41, 5.74) is 6.42. The van der Waals surface area contributed by atoms with Crippen LogP contribution in [-0.4, -0.2) is 12.3 Å². The SMILES string of the molecule is CC1CC(C#CCCN)=CCC1=O. The van der Waals surface area contributed by atoms with Crippen LogP contribution in [0.15, 0.2) is 11.6 Å². The Morgan fingerprint density at radius 2 is 2.46 bits per heavy atom. The minimum absolute atomic E-state index is 0.146. The van der Waals surface area contributed by atoms with Gasteiger partial charge >= 0.3 is 0 Å². The maximum atomic E-state index is 11.2. The van der Waals surface area contributed by atoms with Gasteiger partial charge in [-0.25, -0.2) is 0 Å². The maximum Gasteiger partial charge on any atom is 0.139 e. The van der Waals surface area contributed by atoms with E-state index < -0.39 is 0 Å². The molecule has 0 saturated heterocycles. The van der Waals surface area contributed by atoms with Crippen molar-refractivity contribution in [2.75, 3.05) is 6.54 Å². The lowest BCUT2D eigenvalue weighted by Gasteiger charge is -2.13. The van der Waals surface area contributed by atoms with Gasteiger partial charge in [0.1, 0.15) is 5.78 Å². The summed E-state index contributed by atoms with van der Waals surface area (Å²) in [6, 6.07) is 0. The standard InChI is InChI=1S/C11H15NO/c1-9-8-10(4-2-3-7-12)5-6-11(9)13/h5,9H,3,6-8,12H2,1H3. The van der Waals surface area contributed by atoms with Gasteiger partial charge in [-0.1, -0.05) is 24.8 Å². The number of hydrogen-bond donors (Lipinski definition) is 1. The molecule has 1 atom stereocenters. The zero-order valence-corrected chi connectivity index (χ0v) is 7.97. The van der Waals surface area contributed by atoms with E-state index in [2.05, 4.69) is 11.8 Å². The Labute approximate surface area is 79.2 Å². The molecule has 13 heavy (non-hydrogen) atoms. The molecule has 0 heterocycles. The molecule has 0 amide bonds. The van der Waals surface area contributed by atoms with Crippen LogP contribution in [0.5, 0.6) is 0 Å². The largest absolute Gasteiger partial charge is 0.330 e. The molecule has 70 valence electrons. The fraction of sp³-hybridized carbons (Fsp3) is 0.545. The second kappa shape index (κ2) is 4.84. The molecule has 0 aliphatic heterocycles. The summed E-state index contributed by atoms with van der Waals surface area (Å²) in [5, 5.41) is 0. The van der Waals surface area contributed by atoms with Gasteiger partial charge in [-0.2, -0.15) is 0 Å². The lowest BCUT2D eigenvalue weighted by Crippen LogP contribution is -2.14. The first kappa shape index (κ1) is 10.0. The summed E-state index contributed by atoms with van der Waals surface area (Å²) in [6.07, 6.45) is 4.02. The molecule has 0 spiro atoms. The molecule has 2 nitrogen and oxygen atoms in total. The van der Waals surface area contributed by atoms with Gasteiger partial charge < -0.3 is 5.73 Å². The van der Waals surface area contributed by atoms with Crippen molar-refractivity contribution in [1.82, 2.24) is 0 Å². The minimum atomic E-state index is 0.146. The Hall–Kier alpha value is -1.07. The average molecular weight is 177 g/mol. The van der Waals surface area contributed by atoms with Crippen LogP contribution in [0.25, 0.3) is 0 Å². The van der Waals surface area contributed by atoms with Crippen molar-refractivity contribution in [3.63, 3.8) is 0 Å². The van der Waals surface area contributed by atoms with Crippen LogP contribution < -0.4 is 5.73 Å². The summed E-state index contributed by atoms with van der Waals surface area (Å²) in [5.74, 6) is 6.51. The molecule has 0 saturated carbocycles. The van der Waals surface area contributed by atoms with Crippen LogP contribution in [-0.2, 0) is 4.79 Å². The monoisotopic (exact) mass is 177 g/mol. The molecule has 1 aliphatic rings. The van der Waals surface area contributed by atoms with E-state index in [-0.39, 0.29) is 5.92 Å². The number of hydrogen-bond acceptors (Lipinski definition) is 2. The molecule has 0 aromatic heterocycles. The number of carbonyl (C=O) groups is 1. The summed E-state index contributed by atoms with van der Waals surface area (Å²) in [4.78, 5) is 11.2. The van der Waals surface area contributed by atoms with Crippen LogP contribution in [0.2, 0.25) is 0 Å². The van der Waals surface area contributed by atoms with E-state index in [0.29, 0.717) is 18.7 Å². The predicted octanol–water partition coefficient (Wildman–Crippen LogP) is 1.26. The fourth-order valence-electron chi connectivity index (χ4n) is 1.30. The second-order valence-corrected chi connectivity index (χ2v) is 3.35. The number of ketones is 1. The lowest BCUT2D eigenvalue weighted by atomic mass is 9.89. The van der Waals surface area contributed by atoms with Crippen molar-refractivity contribution in [3.8, 4) is 11.8 Å². The van der Waals surface area contributed by atoms with Crippen LogP contribution in [0.1, 0.15) is 26.2 Å². The van der Waals surface area contributed by atoms with Crippen LogP contribution >= 0.6 is 0 Å². The molecule has 1 unspecified atom stereocenters. The second-order valence-electron chi connectivity index (χ2n) is 3.35. The highest BCUT2D eigenvalue weighted by Gasteiger charge is 2.17. The summed E-state index contributed by atoms with van der Waals surface area (Å²) < 4.78 is 0. The van der Waals surface area contributed by atoms with E-state index in [9.17, 15) is 4.79 Å². The smallest absolute Gasteiger partial charge is 0.139 e. The van der Waals surface area contributed by atoms with Crippen LogP contribution in [0.4, 0.5) is 0 Å². The highest BCUT2D eigenvalue weighted by Crippen LogP contribution is 2.19. The highest BCUT2D eigenvalue weighted by atomic mass is 16.1. The van der Waals surface area contributed by atoms with Crippen LogP contribution in [0, 0.1) is 17.8 Å². The van der Waals surface area contributed by atoms with Gasteiger partial charge in [0.05, 0.1) is 0 Å². The van der Waals surface area contributed by atoms with Gasteiger partial charge in [-0.3, -0.25) is 4.79 Å². The molecule has 1 rings (SSSR count). The van der Waals surface area contributed by atoms with Crippen molar-refractivity contribution in [3.05, 3.63) is 11.6 Å². The number of Topliss-reactive ketones (excluding diaryl/α,β-unsaturated/α-hetero) is 1. The summed E-state index contributed by atoms with van der Waals surface area (Å²) >= 11 is 0. The Morgan fingerprint density at radius 1 is 1.69 bits per heavy atom. The maximum absolute atomic E-state index is 11.2. The molecule has 0 radical (unpaired) electrons. The highest BCUT2D eigenvalue weighted by molar-refractivity contribution is 5.84. The quantitative estimate of drug-likeness (QED) is 0.613. The molecule has 2 N–H and O–H groups in total. The first-order valence-corrected chi connectivity index (χ1v) is 4.64. The van der Waals surface area contributed by atoms with Crippen LogP contribution in [0.3, 0.4) is 0 Å². The normalized spacial score (nSPS) is 21.8. The van der Waals surface area contributed by atoms with Gasteiger partial charge in [-0.05, 0) is 12.0 Å². The predicted molar refractivity (Wildman–Crippen MR) is 52.9 cm³/mol. The number of allylic oxidation sites excluding steroid dienone is 2. The number of nitrogens with two attached hydrogens (primary N) is 1. The van der Waals surface area contributed by atoms with Crippen molar-refractivity contribution in [1.29, 1.82) is 0 Å². The van der Waals surface area contributed by atoms with E-state index in [0.717, 1.165) is 18.4 Å². The van der Waals surface area contributed by atoms with E-state index in [1.54, 1.807) is 0 Å². The Balaban J connectivity index is 2.54. The topological polar surface area (TPSA) is 43.1 Å². The Kier molecular flexibility index (Phi) is 3.72. The summed E-state index contributed by atoms with van der Waals surface area (Å²) in [7, 11) is 0. The minimum Gasteiger partial charge on any atom is -0.330 e. The molecule has 0 aromatic rings. The van der Waals surface area contributed by atoms with Gasteiger partial charge in [0.25, 0.3) is 0 Å². The molecule has 1 aliphatic carbocycles. The third kappa shape index (κ3) is 3.04. The zero-order chi connectivity index (χ0) is 9.68. The van der Waals surface area contributed by atoms with Crippen molar-refractivity contribution in [2.45, 2.75) is 26.2 Å². The van der Waals surface area contributed by atoms with E-state index >= 15 is 0 Å². The Bertz CT molecular complexity index is 280. The van der Waals surface area contributed by atoms with E-state index in [1.165, 1.54) is 0 Å². The van der Waals surface area contributed by atoms with E-state index in [4.69, 9.17) is 5.73 Å². The fourth-order valence-corrected chi connectivity index (χ4v) is 1.30. The first-order valence-electron chi connectivity index (χ1n) is 4.64. The van der Waals surface area contributed by atoms with Gasteiger partial charge in [0.15, 0.2) is 0 Å².